The standard InChI is InChI=1S/C25H22N4O/c1-17-21(18-8-2-5-11-22(18)27-17)16-26-28-25(30)14-15-29-23-12-6-3-9-19(23)20-10-4-7-13-24(20)29/h2-13,16,27H,14-15H2,1H3,(H,28,30). The second-order valence-corrected chi connectivity index (χ2v) is 7.44. The van der Waals surface area contributed by atoms with E-state index in [1.54, 1.807) is 6.21 Å². The van der Waals surface area contributed by atoms with E-state index in [1.165, 1.54) is 10.8 Å². The molecule has 148 valence electrons. The number of rotatable bonds is 5. The molecule has 0 fully saturated rings. The number of hydrogen-bond donors (Lipinski definition) is 2. The molecule has 0 unspecified atom stereocenters. The van der Waals surface area contributed by atoms with Crippen LogP contribution in [-0.4, -0.2) is 21.7 Å². The summed E-state index contributed by atoms with van der Waals surface area (Å²) in [6.45, 7) is 2.60. The van der Waals surface area contributed by atoms with Crippen LogP contribution in [0.3, 0.4) is 0 Å². The average molecular weight is 394 g/mol. The number of nitrogens with zero attached hydrogens (tertiary/aromatic N) is 2. The molecule has 3 aromatic carbocycles. The molecule has 5 rings (SSSR count). The van der Waals surface area contributed by atoms with Crippen molar-refractivity contribution in [3.63, 3.8) is 0 Å². The Morgan fingerprint density at radius 3 is 2.23 bits per heavy atom. The Morgan fingerprint density at radius 1 is 0.933 bits per heavy atom. The summed E-state index contributed by atoms with van der Waals surface area (Å²) < 4.78 is 2.21. The number of para-hydroxylation sites is 3. The van der Waals surface area contributed by atoms with Crippen LogP contribution in [0.25, 0.3) is 32.7 Å². The van der Waals surface area contributed by atoms with Gasteiger partial charge in [-0.05, 0) is 25.1 Å². The van der Waals surface area contributed by atoms with Gasteiger partial charge in [-0.1, -0.05) is 54.6 Å². The number of carbonyl (C=O) groups is 1. The second-order valence-electron chi connectivity index (χ2n) is 7.44. The van der Waals surface area contributed by atoms with Gasteiger partial charge in [0.1, 0.15) is 0 Å². The third kappa shape index (κ3) is 3.14. The first-order chi connectivity index (χ1) is 14.7. The van der Waals surface area contributed by atoms with Crippen LogP contribution in [0.1, 0.15) is 17.7 Å². The summed E-state index contributed by atoms with van der Waals surface area (Å²) in [6.07, 6.45) is 2.07. The molecule has 2 N–H and O–H groups in total. The summed E-state index contributed by atoms with van der Waals surface area (Å²) in [6, 6.07) is 24.7. The highest BCUT2D eigenvalue weighted by Crippen LogP contribution is 2.28. The SMILES string of the molecule is Cc1[nH]c2ccccc2c1C=NNC(=O)CCn1c2ccccc2c2ccccc21. The largest absolute Gasteiger partial charge is 0.358 e. The highest BCUT2D eigenvalue weighted by Gasteiger charge is 2.11. The van der Waals surface area contributed by atoms with Crippen molar-refractivity contribution in [2.75, 3.05) is 0 Å². The van der Waals surface area contributed by atoms with Gasteiger partial charge in [-0.2, -0.15) is 5.10 Å². The Labute approximate surface area is 174 Å². The molecular weight excluding hydrogens is 372 g/mol. The third-order valence-corrected chi connectivity index (χ3v) is 5.57. The summed E-state index contributed by atoms with van der Waals surface area (Å²) in [5, 5.41) is 7.71. The van der Waals surface area contributed by atoms with Crippen LogP contribution in [0.5, 0.6) is 0 Å². The minimum Gasteiger partial charge on any atom is -0.358 e. The number of hydrogen-bond acceptors (Lipinski definition) is 2. The molecule has 30 heavy (non-hydrogen) atoms. The molecule has 1 amide bonds. The highest BCUT2D eigenvalue weighted by atomic mass is 16.2. The zero-order chi connectivity index (χ0) is 20.5. The number of carbonyl (C=O) groups excluding carboxylic acids is 1. The molecule has 5 heteroatoms. The predicted octanol–water partition coefficient (Wildman–Crippen LogP) is 5.12. The summed E-state index contributed by atoms with van der Waals surface area (Å²) >= 11 is 0. The van der Waals surface area contributed by atoms with Crippen molar-refractivity contribution >= 4 is 44.8 Å². The van der Waals surface area contributed by atoms with Crippen LogP contribution in [-0.2, 0) is 11.3 Å². The van der Waals surface area contributed by atoms with Gasteiger partial charge in [-0.15, -0.1) is 0 Å². The first-order valence-electron chi connectivity index (χ1n) is 10.1. The van der Waals surface area contributed by atoms with Gasteiger partial charge >= 0.3 is 0 Å². The molecule has 0 aliphatic carbocycles. The van der Waals surface area contributed by atoms with E-state index < -0.39 is 0 Å². The first kappa shape index (κ1) is 18.2. The van der Waals surface area contributed by atoms with Crippen LogP contribution < -0.4 is 5.43 Å². The van der Waals surface area contributed by atoms with Crippen molar-refractivity contribution in [2.45, 2.75) is 19.9 Å². The lowest BCUT2D eigenvalue weighted by atomic mass is 10.1. The number of nitrogens with one attached hydrogen (secondary N) is 2. The average Bonchev–Trinajstić information content (AvgIpc) is 3.27. The molecular formula is C25H22N4O. The molecule has 5 nitrogen and oxygen atoms in total. The minimum absolute atomic E-state index is 0.106. The fourth-order valence-corrected chi connectivity index (χ4v) is 4.15. The zero-order valence-electron chi connectivity index (χ0n) is 16.7. The topological polar surface area (TPSA) is 62.2 Å². The lowest BCUT2D eigenvalue weighted by Crippen LogP contribution is -2.19. The quantitative estimate of drug-likeness (QED) is 0.315. The van der Waals surface area contributed by atoms with Gasteiger partial charge < -0.3 is 9.55 Å². The van der Waals surface area contributed by atoms with Crippen molar-refractivity contribution in [2.24, 2.45) is 5.10 Å². The van der Waals surface area contributed by atoms with Gasteiger partial charge in [-0.25, -0.2) is 5.43 Å². The fraction of sp³-hybridized carbons (Fsp3) is 0.120. The Kier molecular flexibility index (Phi) is 4.56. The molecule has 0 atom stereocenters. The van der Waals surface area contributed by atoms with Gasteiger partial charge in [0.15, 0.2) is 0 Å². The summed E-state index contributed by atoms with van der Waals surface area (Å²) in [4.78, 5) is 15.8. The van der Waals surface area contributed by atoms with Crippen molar-refractivity contribution in [1.29, 1.82) is 0 Å². The normalized spacial score (nSPS) is 11.8. The Hall–Kier alpha value is -3.86. The summed E-state index contributed by atoms with van der Waals surface area (Å²) in [5.74, 6) is -0.106. The van der Waals surface area contributed by atoms with Crippen molar-refractivity contribution in [1.82, 2.24) is 15.0 Å². The molecule has 0 saturated heterocycles. The van der Waals surface area contributed by atoms with Crippen LogP contribution in [0.15, 0.2) is 77.9 Å². The van der Waals surface area contributed by atoms with Crippen LogP contribution in [0.4, 0.5) is 0 Å². The summed E-state index contributed by atoms with van der Waals surface area (Å²) in [5.41, 5.74) is 8.05. The number of benzene rings is 3. The maximum atomic E-state index is 12.4. The second kappa shape index (κ2) is 7.52. The summed E-state index contributed by atoms with van der Waals surface area (Å²) in [7, 11) is 0. The fourth-order valence-electron chi connectivity index (χ4n) is 4.15. The maximum Gasteiger partial charge on any atom is 0.241 e. The van der Waals surface area contributed by atoms with Crippen molar-refractivity contribution < 1.29 is 4.79 Å². The molecule has 2 aromatic heterocycles. The first-order valence-corrected chi connectivity index (χ1v) is 10.1. The number of aryl methyl sites for hydroxylation is 2. The van der Waals surface area contributed by atoms with Crippen LogP contribution >= 0.6 is 0 Å². The van der Waals surface area contributed by atoms with E-state index in [9.17, 15) is 4.79 Å². The van der Waals surface area contributed by atoms with Crippen molar-refractivity contribution in [3.05, 3.63) is 84.1 Å². The van der Waals surface area contributed by atoms with E-state index in [0.29, 0.717) is 13.0 Å². The highest BCUT2D eigenvalue weighted by molar-refractivity contribution is 6.08. The molecule has 0 saturated carbocycles. The molecule has 0 bridgehead atoms. The van der Waals surface area contributed by atoms with E-state index in [2.05, 4.69) is 44.3 Å². The molecule has 5 aromatic rings. The third-order valence-electron chi connectivity index (χ3n) is 5.57. The minimum atomic E-state index is -0.106. The monoisotopic (exact) mass is 394 g/mol. The number of H-pyrrole nitrogens is 1. The van der Waals surface area contributed by atoms with E-state index in [-0.39, 0.29) is 5.91 Å². The molecule has 2 heterocycles. The van der Waals surface area contributed by atoms with E-state index in [1.807, 2.05) is 55.5 Å². The lowest BCUT2D eigenvalue weighted by Gasteiger charge is -2.06. The van der Waals surface area contributed by atoms with E-state index in [0.717, 1.165) is 33.2 Å². The number of amides is 1. The smallest absolute Gasteiger partial charge is 0.241 e. The molecule has 0 spiro atoms. The number of hydrazone groups is 1. The predicted molar refractivity (Wildman–Crippen MR) is 123 cm³/mol. The van der Waals surface area contributed by atoms with Gasteiger partial charge in [0.2, 0.25) is 5.91 Å². The number of fused-ring (bicyclic) bond motifs is 4. The van der Waals surface area contributed by atoms with Gasteiger partial charge in [0, 0.05) is 56.9 Å². The molecule has 0 aliphatic heterocycles. The van der Waals surface area contributed by atoms with Gasteiger partial charge in [-0.3, -0.25) is 4.79 Å². The van der Waals surface area contributed by atoms with Crippen molar-refractivity contribution in [3.8, 4) is 0 Å². The molecule has 0 aliphatic rings. The van der Waals surface area contributed by atoms with Gasteiger partial charge in [0.05, 0.1) is 6.21 Å². The number of aromatic amines is 1. The number of aromatic nitrogens is 2. The lowest BCUT2D eigenvalue weighted by molar-refractivity contribution is -0.121. The zero-order valence-corrected chi connectivity index (χ0v) is 16.7. The van der Waals surface area contributed by atoms with Crippen LogP contribution in [0, 0.1) is 6.92 Å². The Bertz CT molecular complexity index is 1350. The van der Waals surface area contributed by atoms with E-state index in [4.69, 9.17) is 0 Å². The Balaban J connectivity index is 1.32. The molecule has 0 radical (unpaired) electrons. The maximum absolute atomic E-state index is 12.4. The van der Waals surface area contributed by atoms with E-state index >= 15 is 0 Å². The van der Waals surface area contributed by atoms with Crippen LogP contribution in [0.2, 0.25) is 0 Å². The van der Waals surface area contributed by atoms with Gasteiger partial charge in [0.25, 0.3) is 0 Å². The Morgan fingerprint density at radius 2 is 1.53 bits per heavy atom.